The molecule has 1 amide bonds. The first-order valence-electron chi connectivity index (χ1n) is 7.75. The Bertz CT molecular complexity index is 805. The van der Waals surface area contributed by atoms with E-state index >= 15 is 0 Å². The van der Waals surface area contributed by atoms with E-state index in [2.05, 4.69) is 5.32 Å². The van der Waals surface area contributed by atoms with E-state index in [0.29, 0.717) is 5.69 Å². The predicted octanol–water partition coefficient (Wildman–Crippen LogP) is 2.76. The van der Waals surface area contributed by atoms with Crippen LogP contribution in [0, 0.1) is 10.1 Å². The number of hydrogen-bond donors (Lipinski definition) is 1. The zero-order valence-electron chi connectivity index (χ0n) is 14.6. The lowest BCUT2D eigenvalue weighted by Crippen LogP contribution is -2.30. The molecule has 0 saturated heterocycles. The first-order chi connectivity index (χ1) is 12.3. The van der Waals surface area contributed by atoms with Crippen LogP contribution in [0.5, 0.6) is 0 Å². The lowest BCUT2D eigenvalue weighted by molar-refractivity contribution is -0.384. The summed E-state index contributed by atoms with van der Waals surface area (Å²) in [7, 11) is 3.33. The summed E-state index contributed by atoms with van der Waals surface area (Å²) < 4.78 is 4.96. The predicted molar refractivity (Wildman–Crippen MR) is 98.6 cm³/mol. The van der Waals surface area contributed by atoms with Gasteiger partial charge in [-0.2, -0.15) is 0 Å². The maximum atomic E-state index is 12.1. The fourth-order valence-electron chi connectivity index (χ4n) is 2.28. The Morgan fingerprint density at radius 2 is 2.08 bits per heavy atom. The summed E-state index contributed by atoms with van der Waals surface area (Å²) in [5.74, 6) is -1.24. The number of amides is 1. The fraction of sp³-hybridized carbons (Fsp3) is 0.294. The number of nitrogens with one attached hydrogen (secondary N) is 1. The third-order valence-corrected chi connectivity index (χ3v) is 4.63. The summed E-state index contributed by atoms with van der Waals surface area (Å²) in [6, 6.07) is 7.62. The quantitative estimate of drug-likeness (QED) is 0.452. The number of nitrogens with zero attached hydrogens (tertiary/aromatic N) is 2. The van der Waals surface area contributed by atoms with Crippen molar-refractivity contribution in [3.05, 3.63) is 56.3 Å². The number of nitro groups is 1. The molecule has 1 aromatic heterocycles. The number of ether oxygens (including phenoxy) is 1. The molecule has 0 radical (unpaired) electrons. The van der Waals surface area contributed by atoms with Crippen molar-refractivity contribution in [3.8, 4) is 0 Å². The average molecular weight is 377 g/mol. The number of hydrogen-bond acceptors (Lipinski definition) is 7. The number of carbonyl (C=O) groups excluding carboxylic acids is 2. The van der Waals surface area contributed by atoms with Gasteiger partial charge in [-0.3, -0.25) is 14.9 Å². The largest absolute Gasteiger partial charge is 0.452 e. The zero-order chi connectivity index (χ0) is 19.3. The molecule has 0 aliphatic rings. The molecule has 1 N–H and O–H groups in total. The molecule has 1 aromatic carbocycles. The van der Waals surface area contributed by atoms with E-state index in [1.54, 1.807) is 19.0 Å². The molecule has 138 valence electrons. The van der Waals surface area contributed by atoms with Crippen LogP contribution >= 0.6 is 11.3 Å². The van der Waals surface area contributed by atoms with Crippen molar-refractivity contribution < 1.29 is 19.2 Å². The Balaban J connectivity index is 1.98. The van der Waals surface area contributed by atoms with Crippen molar-refractivity contribution in [2.75, 3.05) is 25.6 Å². The highest BCUT2D eigenvalue weighted by molar-refractivity contribution is 7.10. The summed E-state index contributed by atoms with van der Waals surface area (Å²) in [5, 5.41) is 15.8. The Kier molecular flexibility index (Phi) is 6.29. The van der Waals surface area contributed by atoms with E-state index < -0.39 is 23.4 Å². The highest BCUT2D eigenvalue weighted by Crippen LogP contribution is 2.28. The molecule has 26 heavy (non-hydrogen) atoms. The second kappa shape index (κ2) is 8.43. The molecule has 1 atom stereocenters. The van der Waals surface area contributed by atoms with Gasteiger partial charge >= 0.3 is 5.97 Å². The summed E-state index contributed by atoms with van der Waals surface area (Å²) >= 11 is 1.51. The van der Waals surface area contributed by atoms with Gasteiger partial charge in [-0.05, 0) is 30.5 Å². The van der Waals surface area contributed by atoms with E-state index in [1.165, 1.54) is 23.5 Å². The number of esters is 1. The van der Waals surface area contributed by atoms with E-state index in [0.717, 1.165) is 10.9 Å². The van der Waals surface area contributed by atoms with Crippen LogP contribution in [-0.2, 0) is 9.53 Å². The van der Waals surface area contributed by atoms with Crippen molar-refractivity contribution in [1.82, 2.24) is 5.32 Å². The van der Waals surface area contributed by atoms with E-state index in [1.807, 2.05) is 24.4 Å². The standard InChI is InChI=1S/C17H19N3O5S/c1-11(15-5-4-8-26-15)18-16(21)10-25-17(22)12-6-7-13(19(2)3)14(9-12)20(23)24/h4-9,11H,10H2,1-3H3,(H,18,21)/t11-/m0/s1. The minimum atomic E-state index is -0.794. The van der Waals surface area contributed by atoms with E-state index in [-0.39, 0.29) is 17.3 Å². The minimum Gasteiger partial charge on any atom is -0.452 e. The first-order valence-corrected chi connectivity index (χ1v) is 8.63. The number of nitro benzene ring substituents is 1. The molecular weight excluding hydrogens is 358 g/mol. The van der Waals surface area contributed by atoms with Crippen LogP contribution in [-0.4, -0.2) is 37.5 Å². The van der Waals surface area contributed by atoms with Crippen molar-refractivity contribution in [2.45, 2.75) is 13.0 Å². The van der Waals surface area contributed by atoms with Crippen LogP contribution in [0.2, 0.25) is 0 Å². The first kappa shape index (κ1) is 19.4. The third kappa shape index (κ3) is 4.79. The van der Waals surface area contributed by atoms with Crippen LogP contribution < -0.4 is 10.2 Å². The number of carbonyl (C=O) groups is 2. The van der Waals surface area contributed by atoms with Crippen LogP contribution in [0.15, 0.2) is 35.7 Å². The number of benzene rings is 1. The third-order valence-electron chi connectivity index (χ3n) is 3.57. The van der Waals surface area contributed by atoms with Gasteiger partial charge in [0.2, 0.25) is 0 Å². The van der Waals surface area contributed by atoms with Crippen LogP contribution in [0.4, 0.5) is 11.4 Å². The highest BCUT2D eigenvalue weighted by atomic mass is 32.1. The van der Waals surface area contributed by atoms with Crippen LogP contribution in [0.1, 0.15) is 28.2 Å². The zero-order valence-corrected chi connectivity index (χ0v) is 15.4. The second-order valence-corrected chi connectivity index (χ2v) is 6.72. The number of rotatable bonds is 7. The summed E-state index contributed by atoms with van der Waals surface area (Å²) in [4.78, 5) is 37.1. The van der Waals surface area contributed by atoms with Gasteiger partial charge < -0.3 is 15.0 Å². The Morgan fingerprint density at radius 1 is 1.35 bits per heavy atom. The Hall–Kier alpha value is -2.94. The fourth-order valence-corrected chi connectivity index (χ4v) is 3.02. The SMILES string of the molecule is C[C@H](NC(=O)COC(=O)c1ccc(N(C)C)c([N+](=O)[O-])c1)c1cccs1. The molecular formula is C17H19N3O5S. The summed E-state index contributed by atoms with van der Waals surface area (Å²) in [6.07, 6.45) is 0. The normalized spacial score (nSPS) is 11.5. The second-order valence-electron chi connectivity index (χ2n) is 5.74. The maximum absolute atomic E-state index is 12.1. The molecule has 0 fully saturated rings. The number of anilines is 1. The van der Waals surface area contributed by atoms with Gasteiger partial charge in [-0.1, -0.05) is 6.07 Å². The van der Waals surface area contributed by atoms with Crippen LogP contribution in [0.3, 0.4) is 0 Å². The van der Waals surface area contributed by atoms with Crippen LogP contribution in [0.25, 0.3) is 0 Å². The van der Waals surface area contributed by atoms with Crippen molar-refractivity contribution in [2.24, 2.45) is 0 Å². The van der Waals surface area contributed by atoms with Gasteiger partial charge in [0.05, 0.1) is 16.5 Å². The van der Waals surface area contributed by atoms with Gasteiger partial charge in [0, 0.05) is 25.0 Å². The van der Waals surface area contributed by atoms with Crippen molar-refractivity contribution in [3.63, 3.8) is 0 Å². The minimum absolute atomic E-state index is 0.0152. The highest BCUT2D eigenvalue weighted by Gasteiger charge is 2.20. The van der Waals surface area contributed by atoms with Gasteiger partial charge in [0.1, 0.15) is 5.69 Å². The summed E-state index contributed by atoms with van der Waals surface area (Å²) in [5.41, 5.74) is 0.177. The molecule has 9 heteroatoms. The van der Waals surface area contributed by atoms with Gasteiger partial charge in [0.25, 0.3) is 11.6 Å². The van der Waals surface area contributed by atoms with E-state index in [4.69, 9.17) is 4.74 Å². The van der Waals surface area contributed by atoms with Gasteiger partial charge in [-0.25, -0.2) is 4.79 Å². The van der Waals surface area contributed by atoms with Gasteiger partial charge in [-0.15, -0.1) is 11.3 Å². The smallest absolute Gasteiger partial charge is 0.338 e. The molecule has 2 aromatic rings. The average Bonchev–Trinajstić information content (AvgIpc) is 3.13. The van der Waals surface area contributed by atoms with Crippen molar-refractivity contribution >= 4 is 34.6 Å². The molecule has 1 heterocycles. The molecule has 0 spiro atoms. The molecule has 0 saturated carbocycles. The lowest BCUT2D eigenvalue weighted by atomic mass is 10.1. The molecule has 0 bridgehead atoms. The van der Waals surface area contributed by atoms with Crippen molar-refractivity contribution in [1.29, 1.82) is 0 Å². The van der Waals surface area contributed by atoms with E-state index in [9.17, 15) is 19.7 Å². The molecule has 2 rings (SSSR count). The molecule has 0 aliphatic heterocycles. The lowest BCUT2D eigenvalue weighted by Gasteiger charge is -2.14. The molecule has 0 unspecified atom stereocenters. The number of thiophene rings is 1. The van der Waals surface area contributed by atoms with Gasteiger partial charge in [0.15, 0.2) is 6.61 Å². The molecule has 0 aliphatic carbocycles. The topological polar surface area (TPSA) is 102 Å². The summed E-state index contributed by atoms with van der Waals surface area (Å²) in [6.45, 7) is 1.37. The Morgan fingerprint density at radius 3 is 2.65 bits per heavy atom. The maximum Gasteiger partial charge on any atom is 0.338 e. The Labute approximate surface area is 154 Å². The monoisotopic (exact) mass is 377 g/mol. The molecule has 8 nitrogen and oxygen atoms in total.